The Morgan fingerprint density at radius 3 is 2.68 bits per heavy atom. The summed E-state index contributed by atoms with van der Waals surface area (Å²) >= 11 is 5.76. The van der Waals surface area contributed by atoms with Crippen LogP contribution in [0.2, 0.25) is 5.22 Å². The van der Waals surface area contributed by atoms with E-state index in [4.69, 9.17) is 25.9 Å². The molecule has 1 aromatic rings. The summed E-state index contributed by atoms with van der Waals surface area (Å²) in [4.78, 5) is 24.2. The van der Waals surface area contributed by atoms with Crippen molar-refractivity contribution in [2.24, 2.45) is 0 Å². The van der Waals surface area contributed by atoms with E-state index >= 15 is 0 Å². The van der Waals surface area contributed by atoms with E-state index in [1.165, 1.54) is 12.3 Å². The molecule has 1 fully saturated rings. The van der Waals surface area contributed by atoms with Gasteiger partial charge in [0.15, 0.2) is 0 Å². The summed E-state index contributed by atoms with van der Waals surface area (Å²) in [5.41, 5.74) is 0.353. The molecule has 104 valence electrons. The Labute approximate surface area is 114 Å². The number of nitrogens with zero attached hydrogens (tertiary/aromatic N) is 1. The highest BCUT2D eigenvalue weighted by Gasteiger charge is 2.26. The van der Waals surface area contributed by atoms with Crippen molar-refractivity contribution in [3.8, 4) is 0 Å². The first-order chi connectivity index (χ1) is 9.08. The highest BCUT2D eigenvalue weighted by molar-refractivity contribution is 6.32. The summed E-state index contributed by atoms with van der Waals surface area (Å²) in [6.45, 7) is 0.738. The SMILES string of the molecule is O=C(O)COC1CCN(C(=O)c2ccoc2Cl)CC1. The van der Waals surface area contributed by atoms with Crippen molar-refractivity contribution in [3.63, 3.8) is 0 Å². The van der Waals surface area contributed by atoms with Gasteiger partial charge in [0.2, 0.25) is 5.22 Å². The number of ether oxygens (including phenoxy) is 1. The Bertz CT molecular complexity index is 464. The molecule has 0 aromatic carbocycles. The molecule has 1 aromatic heterocycles. The van der Waals surface area contributed by atoms with Gasteiger partial charge in [-0.1, -0.05) is 0 Å². The molecular weight excluding hydrogens is 274 g/mol. The number of hydrogen-bond donors (Lipinski definition) is 1. The third-order valence-electron chi connectivity index (χ3n) is 3.02. The average Bonchev–Trinajstić information content (AvgIpc) is 2.82. The van der Waals surface area contributed by atoms with E-state index in [-0.39, 0.29) is 23.8 Å². The first-order valence-corrected chi connectivity index (χ1v) is 6.31. The third-order valence-corrected chi connectivity index (χ3v) is 3.31. The molecule has 0 saturated carbocycles. The molecule has 0 atom stereocenters. The van der Waals surface area contributed by atoms with Crippen LogP contribution in [0.4, 0.5) is 0 Å². The molecule has 6 nitrogen and oxygen atoms in total. The maximum Gasteiger partial charge on any atom is 0.329 e. The van der Waals surface area contributed by atoms with Crippen LogP contribution in [0.5, 0.6) is 0 Å². The lowest BCUT2D eigenvalue weighted by Crippen LogP contribution is -2.41. The predicted molar refractivity (Wildman–Crippen MR) is 66.2 cm³/mol. The molecule has 0 aliphatic carbocycles. The number of piperidine rings is 1. The van der Waals surface area contributed by atoms with Gasteiger partial charge >= 0.3 is 5.97 Å². The van der Waals surface area contributed by atoms with Crippen molar-refractivity contribution in [3.05, 3.63) is 23.1 Å². The lowest BCUT2D eigenvalue weighted by Gasteiger charge is -2.31. The summed E-state index contributed by atoms with van der Waals surface area (Å²) in [5, 5.41) is 8.62. The van der Waals surface area contributed by atoms with Gasteiger partial charge in [0.05, 0.1) is 17.9 Å². The molecule has 1 aliphatic heterocycles. The quantitative estimate of drug-likeness (QED) is 0.910. The second-order valence-corrected chi connectivity index (χ2v) is 4.65. The van der Waals surface area contributed by atoms with Crippen LogP contribution in [0, 0.1) is 0 Å². The van der Waals surface area contributed by atoms with Crippen molar-refractivity contribution in [2.45, 2.75) is 18.9 Å². The number of amides is 1. The molecule has 7 heteroatoms. The van der Waals surface area contributed by atoms with E-state index in [0.717, 1.165) is 0 Å². The fourth-order valence-corrected chi connectivity index (χ4v) is 2.23. The topological polar surface area (TPSA) is 80.0 Å². The minimum atomic E-state index is -0.983. The summed E-state index contributed by atoms with van der Waals surface area (Å²) in [7, 11) is 0. The number of carbonyl (C=O) groups is 2. The fourth-order valence-electron chi connectivity index (χ4n) is 2.03. The van der Waals surface area contributed by atoms with Gasteiger partial charge in [0.1, 0.15) is 6.61 Å². The second-order valence-electron chi connectivity index (χ2n) is 4.30. The summed E-state index contributed by atoms with van der Waals surface area (Å²) in [6.07, 6.45) is 2.50. The average molecular weight is 288 g/mol. The van der Waals surface area contributed by atoms with Gasteiger partial charge in [-0.25, -0.2) is 4.79 Å². The standard InChI is InChI=1S/C12H14ClNO5/c13-11-9(3-6-18-11)12(17)14-4-1-8(2-5-14)19-7-10(15)16/h3,6,8H,1-2,4-5,7H2,(H,15,16). The van der Waals surface area contributed by atoms with Gasteiger partial charge in [-0.15, -0.1) is 0 Å². The predicted octanol–water partition coefficient (Wildman–Crippen LogP) is 1.64. The Hall–Kier alpha value is -1.53. The van der Waals surface area contributed by atoms with Crippen molar-refractivity contribution >= 4 is 23.5 Å². The van der Waals surface area contributed by atoms with Crippen molar-refractivity contribution in [1.29, 1.82) is 0 Å². The minimum absolute atomic E-state index is 0.0919. The number of halogens is 1. The first-order valence-electron chi connectivity index (χ1n) is 5.93. The smallest absolute Gasteiger partial charge is 0.329 e. The number of aliphatic carboxylic acids is 1. The van der Waals surface area contributed by atoms with Crippen molar-refractivity contribution in [1.82, 2.24) is 4.90 Å². The number of carboxylic acid groups (broad SMARTS) is 1. The van der Waals surface area contributed by atoms with Crippen LogP contribution in [0.3, 0.4) is 0 Å². The van der Waals surface area contributed by atoms with Gasteiger partial charge in [-0.2, -0.15) is 0 Å². The molecule has 19 heavy (non-hydrogen) atoms. The number of likely N-dealkylation sites (tertiary alicyclic amines) is 1. The summed E-state index contributed by atoms with van der Waals surface area (Å²) in [5.74, 6) is -1.15. The maximum absolute atomic E-state index is 12.1. The zero-order valence-corrected chi connectivity index (χ0v) is 10.9. The zero-order chi connectivity index (χ0) is 13.8. The van der Waals surface area contributed by atoms with Crippen LogP contribution in [0.15, 0.2) is 16.7 Å². The van der Waals surface area contributed by atoms with Gasteiger partial charge in [-0.3, -0.25) is 4.79 Å². The van der Waals surface area contributed by atoms with E-state index in [9.17, 15) is 9.59 Å². The van der Waals surface area contributed by atoms with Crippen LogP contribution in [-0.4, -0.2) is 47.7 Å². The monoisotopic (exact) mass is 287 g/mol. The van der Waals surface area contributed by atoms with Crippen LogP contribution in [0.1, 0.15) is 23.2 Å². The van der Waals surface area contributed by atoms with Crippen molar-refractivity contribution in [2.75, 3.05) is 19.7 Å². The molecule has 1 amide bonds. The van der Waals surface area contributed by atoms with E-state index in [0.29, 0.717) is 31.5 Å². The normalized spacial score (nSPS) is 16.6. The van der Waals surface area contributed by atoms with E-state index in [2.05, 4.69) is 0 Å². The molecule has 1 aliphatic rings. The van der Waals surface area contributed by atoms with Crippen LogP contribution in [-0.2, 0) is 9.53 Å². The van der Waals surface area contributed by atoms with E-state index < -0.39 is 5.97 Å². The Morgan fingerprint density at radius 2 is 2.16 bits per heavy atom. The number of rotatable bonds is 4. The second kappa shape index (κ2) is 6.08. The lowest BCUT2D eigenvalue weighted by atomic mass is 10.1. The molecule has 0 unspecified atom stereocenters. The highest BCUT2D eigenvalue weighted by atomic mass is 35.5. The molecule has 0 radical (unpaired) electrons. The number of carbonyl (C=O) groups excluding carboxylic acids is 1. The minimum Gasteiger partial charge on any atom is -0.480 e. The van der Waals surface area contributed by atoms with Crippen molar-refractivity contribution < 1.29 is 23.8 Å². The molecular formula is C12H14ClNO5. The maximum atomic E-state index is 12.1. The molecule has 0 bridgehead atoms. The van der Waals surface area contributed by atoms with Gasteiger partial charge in [-0.05, 0) is 30.5 Å². The number of furan rings is 1. The van der Waals surface area contributed by atoms with Crippen LogP contribution < -0.4 is 0 Å². The highest BCUT2D eigenvalue weighted by Crippen LogP contribution is 2.21. The number of hydrogen-bond acceptors (Lipinski definition) is 4. The number of carboxylic acids is 1. The largest absolute Gasteiger partial charge is 0.480 e. The third kappa shape index (κ3) is 3.48. The summed E-state index contributed by atoms with van der Waals surface area (Å²) < 4.78 is 10.1. The Balaban J connectivity index is 1.85. The Kier molecular flexibility index (Phi) is 4.44. The molecule has 2 rings (SSSR count). The molecule has 1 saturated heterocycles. The van der Waals surface area contributed by atoms with E-state index in [1.807, 2.05) is 0 Å². The van der Waals surface area contributed by atoms with Gasteiger partial charge < -0.3 is 19.2 Å². The molecule has 2 heterocycles. The van der Waals surface area contributed by atoms with Gasteiger partial charge in [0, 0.05) is 13.1 Å². The Morgan fingerprint density at radius 1 is 1.47 bits per heavy atom. The zero-order valence-electron chi connectivity index (χ0n) is 10.2. The summed E-state index contributed by atoms with van der Waals surface area (Å²) in [6, 6.07) is 1.54. The fraction of sp³-hybridized carbons (Fsp3) is 0.500. The van der Waals surface area contributed by atoms with Crippen LogP contribution >= 0.6 is 11.6 Å². The van der Waals surface area contributed by atoms with E-state index in [1.54, 1.807) is 4.90 Å². The lowest BCUT2D eigenvalue weighted by molar-refractivity contribution is -0.145. The van der Waals surface area contributed by atoms with Gasteiger partial charge in [0.25, 0.3) is 5.91 Å². The first kappa shape index (κ1) is 13.9. The molecule has 1 N–H and O–H groups in total. The van der Waals surface area contributed by atoms with Crippen LogP contribution in [0.25, 0.3) is 0 Å². The molecule has 0 spiro atoms.